The number of carbonyl (C=O) groups is 2. The van der Waals surface area contributed by atoms with Crippen LogP contribution in [-0.2, 0) is 4.79 Å². The molecule has 0 bridgehead atoms. The lowest BCUT2D eigenvalue weighted by Crippen LogP contribution is -2.41. The summed E-state index contributed by atoms with van der Waals surface area (Å²) in [5, 5.41) is 15.5. The van der Waals surface area contributed by atoms with Crippen molar-refractivity contribution in [1.82, 2.24) is 25.0 Å². The molecule has 2 aromatic heterocycles. The number of nitrogens with zero attached hydrogens (tertiary/aromatic N) is 6. The van der Waals surface area contributed by atoms with E-state index in [1.54, 1.807) is 35.3 Å². The molecule has 1 aromatic carbocycles. The van der Waals surface area contributed by atoms with Gasteiger partial charge in [0.05, 0.1) is 5.92 Å². The zero-order valence-electron chi connectivity index (χ0n) is 16.0. The molecule has 1 aliphatic heterocycles. The number of aromatic nitrogens is 5. The first-order chi connectivity index (χ1) is 14.1. The van der Waals surface area contributed by atoms with Crippen molar-refractivity contribution >= 4 is 23.2 Å². The quantitative estimate of drug-likeness (QED) is 0.664. The third-order valence-electron chi connectivity index (χ3n) is 4.94. The van der Waals surface area contributed by atoms with Crippen LogP contribution < -0.4 is 10.2 Å². The summed E-state index contributed by atoms with van der Waals surface area (Å²) in [5.74, 6) is 1.06. The van der Waals surface area contributed by atoms with Crippen molar-refractivity contribution in [3.63, 3.8) is 0 Å². The van der Waals surface area contributed by atoms with Crippen LogP contribution in [0.1, 0.15) is 30.1 Å². The van der Waals surface area contributed by atoms with Crippen LogP contribution in [0.3, 0.4) is 0 Å². The third-order valence-corrected chi connectivity index (χ3v) is 4.94. The van der Waals surface area contributed by atoms with Crippen LogP contribution in [-0.4, -0.2) is 49.7 Å². The lowest BCUT2D eigenvalue weighted by Gasteiger charge is -2.32. The van der Waals surface area contributed by atoms with Crippen LogP contribution in [0.5, 0.6) is 0 Å². The van der Waals surface area contributed by atoms with E-state index in [-0.39, 0.29) is 17.6 Å². The highest BCUT2D eigenvalue weighted by molar-refractivity contribution is 5.97. The Labute approximate surface area is 167 Å². The molecule has 3 heterocycles. The maximum absolute atomic E-state index is 12.8. The van der Waals surface area contributed by atoms with Gasteiger partial charge in [0.1, 0.15) is 12.7 Å². The fourth-order valence-electron chi connectivity index (χ4n) is 3.40. The largest absolute Gasteiger partial charge is 0.354 e. The van der Waals surface area contributed by atoms with Crippen molar-refractivity contribution in [3.05, 3.63) is 54.6 Å². The number of ketones is 1. The fraction of sp³-hybridized carbons (Fsp3) is 0.300. The van der Waals surface area contributed by atoms with Gasteiger partial charge in [0, 0.05) is 24.3 Å². The second-order valence-corrected chi connectivity index (χ2v) is 7.00. The average molecular weight is 391 g/mol. The Kier molecular flexibility index (Phi) is 5.28. The molecule has 1 aliphatic rings. The fourth-order valence-corrected chi connectivity index (χ4v) is 3.40. The standard InChI is InChI=1S/C20H21N7O2/c1-14(28)15-4-2-6-17(10-15)23-20(29)16-5-3-9-26(11-16)18-7-8-19(25-24-18)27-13-21-12-22-27/h2,4,6-8,10,12-13,16H,3,5,9,11H2,1H3,(H,23,29)/t16-/m1/s1. The number of anilines is 2. The molecule has 29 heavy (non-hydrogen) atoms. The lowest BCUT2D eigenvalue weighted by molar-refractivity contribution is -0.120. The van der Waals surface area contributed by atoms with Gasteiger partial charge in [-0.05, 0) is 44.0 Å². The van der Waals surface area contributed by atoms with Crippen LogP contribution in [0.2, 0.25) is 0 Å². The SMILES string of the molecule is CC(=O)c1cccc(NC(=O)[C@@H]2CCCN(c3ccc(-n4cncn4)nn3)C2)c1. The monoisotopic (exact) mass is 391 g/mol. The highest BCUT2D eigenvalue weighted by Gasteiger charge is 2.27. The Morgan fingerprint density at radius 3 is 2.69 bits per heavy atom. The summed E-state index contributed by atoms with van der Waals surface area (Å²) >= 11 is 0. The summed E-state index contributed by atoms with van der Waals surface area (Å²) in [4.78, 5) is 30.3. The van der Waals surface area contributed by atoms with E-state index >= 15 is 0 Å². The molecule has 0 saturated carbocycles. The Balaban J connectivity index is 1.42. The number of benzene rings is 1. The zero-order valence-corrected chi connectivity index (χ0v) is 16.0. The number of piperidine rings is 1. The van der Waals surface area contributed by atoms with E-state index in [4.69, 9.17) is 0 Å². The summed E-state index contributed by atoms with van der Waals surface area (Å²) in [7, 11) is 0. The molecular weight excluding hydrogens is 370 g/mol. The highest BCUT2D eigenvalue weighted by atomic mass is 16.2. The number of carbonyl (C=O) groups excluding carboxylic acids is 2. The van der Waals surface area contributed by atoms with E-state index in [1.807, 2.05) is 12.1 Å². The number of hydrogen-bond donors (Lipinski definition) is 1. The first-order valence-electron chi connectivity index (χ1n) is 9.46. The second-order valence-electron chi connectivity index (χ2n) is 7.00. The molecule has 1 fully saturated rings. The van der Waals surface area contributed by atoms with Gasteiger partial charge >= 0.3 is 0 Å². The highest BCUT2D eigenvalue weighted by Crippen LogP contribution is 2.23. The lowest BCUT2D eigenvalue weighted by atomic mass is 9.97. The Bertz CT molecular complexity index is 1000. The Morgan fingerprint density at radius 2 is 1.97 bits per heavy atom. The molecule has 9 nitrogen and oxygen atoms in total. The molecule has 0 unspecified atom stereocenters. The normalized spacial score (nSPS) is 16.4. The Morgan fingerprint density at radius 1 is 1.14 bits per heavy atom. The predicted octanol–water partition coefficient (Wildman–Crippen LogP) is 2.11. The van der Waals surface area contributed by atoms with Crippen LogP contribution in [0.15, 0.2) is 49.1 Å². The van der Waals surface area contributed by atoms with Gasteiger partial charge in [-0.3, -0.25) is 9.59 Å². The van der Waals surface area contributed by atoms with Crippen LogP contribution >= 0.6 is 0 Å². The van der Waals surface area contributed by atoms with Gasteiger partial charge in [-0.1, -0.05) is 12.1 Å². The minimum absolute atomic E-state index is 0.0298. The predicted molar refractivity (Wildman–Crippen MR) is 107 cm³/mol. The molecule has 4 rings (SSSR count). The molecule has 1 saturated heterocycles. The van der Waals surface area contributed by atoms with Gasteiger partial charge in [-0.15, -0.1) is 10.2 Å². The first kappa shape index (κ1) is 18.7. The van der Waals surface area contributed by atoms with E-state index in [0.29, 0.717) is 23.6 Å². The van der Waals surface area contributed by atoms with Crippen molar-refractivity contribution < 1.29 is 9.59 Å². The van der Waals surface area contributed by atoms with E-state index in [1.165, 1.54) is 13.3 Å². The molecule has 0 radical (unpaired) electrons. The smallest absolute Gasteiger partial charge is 0.229 e. The molecule has 1 N–H and O–H groups in total. The van der Waals surface area contributed by atoms with Crippen molar-refractivity contribution in [2.45, 2.75) is 19.8 Å². The molecule has 148 valence electrons. The van der Waals surface area contributed by atoms with Crippen LogP contribution in [0.25, 0.3) is 5.82 Å². The minimum Gasteiger partial charge on any atom is -0.354 e. The molecule has 9 heteroatoms. The summed E-state index contributed by atoms with van der Waals surface area (Å²) in [6.45, 7) is 2.89. The van der Waals surface area contributed by atoms with Gasteiger partial charge in [-0.2, -0.15) is 5.10 Å². The minimum atomic E-state index is -0.165. The molecule has 1 atom stereocenters. The van der Waals surface area contributed by atoms with E-state index in [9.17, 15) is 9.59 Å². The van der Waals surface area contributed by atoms with Crippen LogP contribution in [0, 0.1) is 5.92 Å². The molecule has 1 amide bonds. The van der Waals surface area contributed by atoms with E-state index in [0.717, 1.165) is 25.2 Å². The number of Topliss-reactive ketones (excluding diaryl/α,β-unsaturated/α-hetero) is 1. The maximum Gasteiger partial charge on any atom is 0.229 e. The number of amides is 1. The molecule has 0 spiro atoms. The molecular formula is C20H21N7O2. The molecule has 3 aromatic rings. The average Bonchev–Trinajstić information content (AvgIpc) is 3.29. The van der Waals surface area contributed by atoms with Gasteiger partial charge in [0.25, 0.3) is 0 Å². The summed E-state index contributed by atoms with van der Waals surface area (Å²) in [6, 6.07) is 10.7. The van der Waals surface area contributed by atoms with Gasteiger partial charge < -0.3 is 10.2 Å². The topological polar surface area (TPSA) is 106 Å². The van der Waals surface area contributed by atoms with Crippen LogP contribution in [0.4, 0.5) is 11.5 Å². The van der Waals surface area contributed by atoms with Gasteiger partial charge in [0.15, 0.2) is 17.4 Å². The number of hydrogen-bond acceptors (Lipinski definition) is 7. The van der Waals surface area contributed by atoms with Gasteiger partial charge in [0.2, 0.25) is 5.91 Å². The summed E-state index contributed by atoms with van der Waals surface area (Å²) in [6.07, 6.45) is 4.69. The number of nitrogens with one attached hydrogen (secondary N) is 1. The third kappa shape index (κ3) is 4.29. The first-order valence-corrected chi connectivity index (χ1v) is 9.46. The Hall–Kier alpha value is -3.62. The van der Waals surface area contributed by atoms with E-state index < -0.39 is 0 Å². The van der Waals surface area contributed by atoms with Crippen molar-refractivity contribution in [2.75, 3.05) is 23.3 Å². The maximum atomic E-state index is 12.8. The van der Waals surface area contributed by atoms with Crippen molar-refractivity contribution in [1.29, 1.82) is 0 Å². The van der Waals surface area contributed by atoms with Gasteiger partial charge in [-0.25, -0.2) is 9.67 Å². The second kappa shape index (κ2) is 8.17. The summed E-state index contributed by atoms with van der Waals surface area (Å²) < 4.78 is 1.54. The van der Waals surface area contributed by atoms with Crippen molar-refractivity contribution in [2.24, 2.45) is 5.92 Å². The zero-order chi connectivity index (χ0) is 20.2. The molecule has 0 aliphatic carbocycles. The van der Waals surface area contributed by atoms with Crippen molar-refractivity contribution in [3.8, 4) is 5.82 Å². The van der Waals surface area contributed by atoms with E-state index in [2.05, 4.69) is 30.5 Å². The number of rotatable bonds is 5. The summed E-state index contributed by atoms with van der Waals surface area (Å²) in [5.41, 5.74) is 1.22.